The van der Waals surface area contributed by atoms with Crippen molar-refractivity contribution < 1.29 is 0 Å². The lowest BCUT2D eigenvalue weighted by Gasteiger charge is -2.09. The number of nitrogens with one attached hydrogen (secondary N) is 1. The molecule has 1 unspecified atom stereocenters. The molecule has 0 aliphatic carbocycles. The standard InChI is InChI=1S/C11H18ClNS/c1-3-7-13-8-6-9(2)10-4-5-11(12)14-10/h4-5,9,13H,3,6-8H2,1-2H3. The summed E-state index contributed by atoms with van der Waals surface area (Å²) >= 11 is 7.59. The van der Waals surface area contributed by atoms with Gasteiger partial charge in [0.15, 0.2) is 0 Å². The highest BCUT2D eigenvalue weighted by Crippen LogP contribution is 2.29. The van der Waals surface area contributed by atoms with Crippen molar-refractivity contribution in [3.63, 3.8) is 0 Å². The normalized spacial score (nSPS) is 13.1. The Kier molecular flexibility index (Phi) is 5.53. The summed E-state index contributed by atoms with van der Waals surface area (Å²) in [4.78, 5) is 1.40. The predicted octanol–water partition coefficient (Wildman–Crippen LogP) is 3.89. The molecule has 0 aliphatic heterocycles. The van der Waals surface area contributed by atoms with Gasteiger partial charge in [-0.1, -0.05) is 25.4 Å². The second-order valence-electron chi connectivity index (χ2n) is 3.58. The molecule has 80 valence electrons. The largest absolute Gasteiger partial charge is 0.317 e. The zero-order valence-corrected chi connectivity index (χ0v) is 10.4. The van der Waals surface area contributed by atoms with Crippen molar-refractivity contribution in [3.05, 3.63) is 21.3 Å². The molecule has 1 rings (SSSR count). The average Bonchev–Trinajstić information content (AvgIpc) is 2.59. The zero-order chi connectivity index (χ0) is 10.4. The van der Waals surface area contributed by atoms with E-state index in [9.17, 15) is 0 Å². The third kappa shape index (κ3) is 3.99. The molecule has 0 saturated heterocycles. The minimum atomic E-state index is 0.622. The second kappa shape index (κ2) is 6.44. The van der Waals surface area contributed by atoms with E-state index in [4.69, 9.17) is 11.6 Å². The van der Waals surface area contributed by atoms with E-state index in [0.717, 1.165) is 17.4 Å². The lowest BCUT2D eigenvalue weighted by Crippen LogP contribution is -2.17. The Morgan fingerprint density at radius 2 is 2.21 bits per heavy atom. The molecule has 14 heavy (non-hydrogen) atoms. The van der Waals surface area contributed by atoms with Crippen molar-refractivity contribution in [3.8, 4) is 0 Å². The maximum Gasteiger partial charge on any atom is 0.0931 e. The molecule has 0 bridgehead atoms. The van der Waals surface area contributed by atoms with Crippen molar-refractivity contribution in [2.75, 3.05) is 13.1 Å². The van der Waals surface area contributed by atoms with E-state index in [-0.39, 0.29) is 0 Å². The van der Waals surface area contributed by atoms with Gasteiger partial charge in [-0.25, -0.2) is 0 Å². The second-order valence-corrected chi connectivity index (χ2v) is 5.33. The lowest BCUT2D eigenvalue weighted by atomic mass is 10.1. The van der Waals surface area contributed by atoms with Crippen LogP contribution in [0.15, 0.2) is 12.1 Å². The van der Waals surface area contributed by atoms with Crippen LogP contribution in [-0.4, -0.2) is 13.1 Å². The molecule has 0 aliphatic rings. The molecule has 0 saturated carbocycles. The zero-order valence-electron chi connectivity index (χ0n) is 8.85. The van der Waals surface area contributed by atoms with E-state index in [1.165, 1.54) is 17.7 Å². The summed E-state index contributed by atoms with van der Waals surface area (Å²) in [6.07, 6.45) is 2.40. The monoisotopic (exact) mass is 231 g/mol. The third-order valence-electron chi connectivity index (χ3n) is 2.26. The summed E-state index contributed by atoms with van der Waals surface area (Å²) in [7, 11) is 0. The van der Waals surface area contributed by atoms with E-state index in [1.807, 2.05) is 6.07 Å². The Morgan fingerprint density at radius 1 is 1.43 bits per heavy atom. The fraction of sp³-hybridized carbons (Fsp3) is 0.636. The van der Waals surface area contributed by atoms with E-state index in [2.05, 4.69) is 25.2 Å². The summed E-state index contributed by atoms with van der Waals surface area (Å²) in [5.41, 5.74) is 0. The third-order valence-corrected chi connectivity index (χ3v) is 3.72. The SMILES string of the molecule is CCCNCCC(C)c1ccc(Cl)s1. The molecule has 1 heterocycles. The quantitative estimate of drug-likeness (QED) is 0.733. The van der Waals surface area contributed by atoms with Crippen LogP contribution in [0.4, 0.5) is 0 Å². The van der Waals surface area contributed by atoms with Gasteiger partial charge in [-0.05, 0) is 44.0 Å². The highest BCUT2D eigenvalue weighted by Gasteiger charge is 2.07. The molecule has 1 atom stereocenters. The van der Waals surface area contributed by atoms with Crippen molar-refractivity contribution in [2.24, 2.45) is 0 Å². The summed E-state index contributed by atoms with van der Waals surface area (Å²) in [5.74, 6) is 0.622. The van der Waals surface area contributed by atoms with Gasteiger partial charge in [0.1, 0.15) is 0 Å². The van der Waals surface area contributed by atoms with Gasteiger partial charge >= 0.3 is 0 Å². The topological polar surface area (TPSA) is 12.0 Å². The summed E-state index contributed by atoms with van der Waals surface area (Å²) in [5, 5.41) is 3.41. The van der Waals surface area contributed by atoms with E-state index in [1.54, 1.807) is 11.3 Å². The van der Waals surface area contributed by atoms with Crippen LogP contribution in [0.2, 0.25) is 4.34 Å². The van der Waals surface area contributed by atoms with Gasteiger partial charge in [-0.2, -0.15) is 0 Å². The van der Waals surface area contributed by atoms with Gasteiger partial charge in [-0.3, -0.25) is 0 Å². The molecule has 1 aromatic rings. The van der Waals surface area contributed by atoms with Crippen molar-refractivity contribution in [1.29, 1.82) is 0 Å². The fourth-order valence-corrected chi connectivity index (χ4v) is 2.50. The minimum absolute atomic E-state index is 0.622. The first kappa shape index (κ1) is 12.0. The molecular formula is C11H18ClNS. The number of thiophene rings is 1. The predicted molar refractivity (Wildman–Crippen MR) is 65.5 cm³/mol. The van der Waals surface area contributed by atoms with Crippen molar-refractivity contribution in [2.45, 2.75) is 32.6 Å². The summed E-state index contributed by atoms with van der Waals surface area (Å²) in [6.45, 7) is 6.67. The fourth-order valence-electron chi connectivity index (χ4n) is 1.36. The smallest absolute Gasteiger partial charge is 0.0931 e. The van der Waals surface area contributed by atoms with Crippen LogP contribution in [0.5, 0.6) is 0 Å². The molecule has 0 aromatic carbocycles. The highest BCUT2D eigenvalue weighted by atomic mass is 35.5. The average molecular weight is 232 g/mol. The van der Waals surface area contributed by atoms with Gasteiger partial charge in [0.2, 0.25) is 0 Å². The van der Waals surface area contributed by atoms with Crippen LogP contribution < -0.4 is 5.32 Å². The Bertz CT molecular complexity index is 260. The van der Waals surface area contributed by atoms with Crippen LogP contribution >= 0.6 is 22.9 Å². The Morgan fingerprint density at radius 3 is 2.79 bits per heavy atom. The van der Waals surface area contributed by atoms with E-state index >= 15 is 0 Å². The Hall–Kier alpha value is -0.0500. The molecule has 1 aromatic heterocycles. The van der Waals surface area contributed by atoms with Gasteiger partial charge in [-0.15, -0.1) is 11.3 Å². The molecule has 0 fully saturated rings. The Balaban J connectivity index is 2.25. The first-order valence-corrected chi connectivity index (χ1v) is 6.39. The summed E-state index contributed by atoms with van der Waals surface area (Å²) in [6, 6.07) is 4.12. The first-order valence-electron chi connectivity index (χ1n) is 5.20. The maximum absolute atomic E-state index is 5.89. The van der Waals surface area contributed by atoms with Crippen molar-refractivity contribution in [1.82, 2.24) is 5.32 Å². The molecule has 1 N–H and O–H groups in total. The van der Waals surface area contributed by atoms with Crippen LogP contribution in [0.1, 0.15) is 37.5 Å². The number of halogens is 1. The molecule has 0 spiro atoms. The minimum Gasteiger partial charge on any atom is -0.317 e. The number of hydrogen-bond acceptors (Lipinski definition) is 2. The van der Waals surface area contributed by atoms with E-state index in [0.29, 0.717) is 5.92 Å². The first-order chi connectivity index (χ1) is 6.74. The van der Waals surface area contributed by atoms with Crippen LogP contribution in [-0.2, 0) is 0 Å². The summed E-state index contributed by atoms with van der Waals surface area (Å²) < 4.78 is 0.897. The number of rotatable bonds is 6. The van der Waals surface area contributed by atoms with Crippen molar-refractivity contribution >= 4 is 22.9 Å². The maximum atomic E-state index is 5.89. The van der Waals surface area contributed by atoms with Gasteiger partial charge < -0.3 is 5.32 Å². The highest BCUT2D eigenvalue weighted by molar-refractivity contribution is 7.16. The van der Waals surface area contributed by atoms with Gasteiger partial charge in [0.25, 0.3) is 0 Å². The van der Waals surface area contributed by atoms with Crippen LogP contribution in [0, 0.1) is 0 Å². The Labute approximate surface area is 95.5 Å². The molecular weight excluding hydrogens is 214 g/mol. The molecule has 3 heteroatoms. The lowest BCUT2D eigenvalue weighted by molar-refractivity contribution is 0.595. The van der Waals surface area contributed by atoms with Gasteiger partial charge in [0.05, 0.1) is 4.34 Å². The molecule has 0 radical (unpaired) electrons. The van der Waals surface area contributed by atoms with Crippen LogP contribution in [0.25, 0.3) is 0 Å². The molecule has 1 nitrogen and oxygen atoms in total. The van der Waals surface area contributed by atoms with E-state index < -0.39 is 0 Å². The number of hydrogen-bond donors (Lipinski definition) is 1. The molecule has 0 amide bonds. The van der Waals surface area contributed by atoms with Crippen LogP contribution in [0.3, 0.4) is 0 Å². The van der Waals surface area contributed by atoms with Gasteiger partial charge in [0, 0.05) is 4.88 Å².